The Morgan fingerprint density at radius 2 is 1.39 bits per heavy atom. The van der Waals surface area contributed by atoms with Crippen molar-refractivity contribution in [3.05, 3.63) is 90.0 Å². The maximum Gasteiger partial charge on any atom is 0.118 e. The molecule has 0 aromatic heterocycles. The van der Waals surface area contributed by atoms with Gasteiger partial charge in [-0.05, 0) is 47.4 Å². The van der Waals surface area contributed by atoms with Gasteiger partial charge in [0.1, 0.15) is 5.75 Å². The van der Waals surface area contributed by atoms with Crippen molar-refractivity contribution >= 4 is 0 Å². The number of benzene rings is 3. The van der Waals surface area contributed by atoms with Crippen LogP contribution in [0.25, 0.3) is 11.1 Å². The first-order valence-corrected chi connectivity index (χ1v) is 10.1. The van der Waals surface area contributed by atoms with Gasteiger partial charge in [0.05, 0.1) is 13.2 Å². The molecule has 0 amide bonds. The molecule has 0 radical (unpaired) electrons. The van der Waals surface area contributed by atoms with Gasteiger partial charge in [-0.15, -0.1) is 0 Å². The van der Waals surface area contributed by atoms with E-state index in [-0.39, 0.29) is 6.04 Å². The number of nitrogens with one attached hydrogen (secondary N) is 1. The van der Waals surface area contributed by atoms with Crippen LogP contribution in [0.5, 0.6) is 5.75 Å². The van der Waals surface area contributed by atoms with E-state index in [0.29, 0.717) is 0 Å². The molecule has 3 aromatic carbocycles. The summed E-state index contributed by atoms with van der Waals surface area (Å²) in [6, 6.07) is 28.4. The van der Waals surface area contributed by atoms with E-state index < -0.39 is 0 Å². The Kier molecular flexibility index (Phi) is 6.05. The quantitative estimate of drug-likeness (QED) is 0.700. The summed E-state index contributed by atoms with van der Waals surface area (Å²) in [6.07, 6.45) is 1.18. The van der Waals surface area contributed by atoms with Gasteiger partial charge in [-0.3, -0.25) is 4.90 Å². The molecule has 0 spiro atoms. The van der Waals surface area contributed by atoms with Crippen molar-refractivity contribution in [3.8, 4) is 16.9 Å². The summed E-state index contributed by atoms with van der Waals surface area (Å²) < 4.78 is 5.36. The van der Waals surface area contributed by atoms with Crippen LogP contribution in [0.15, 0.2) is 78.9 Å². The van der Waals surface area contributed by atoms with E-state index in [2.05, 4.69) is 89.1 Å². The molecule has 1 aliphatic rings. The highest BCUT2D eigenvalue weighted by molar-refractivity contribution is 5.63. The average molecular weight is 373 g/mol. The zero-order valence-corrected chi connectivity index (χ0v) is 16.5. The average Bonchev–Trinajstić information content (AvgIpc) is 3.05. The minimum Gasteiger partial charge on any atom is -0.497 e. The van der Waals surface area contributed by atoms with Gasteiger partial charge in [-0.25, -0.2) is 0 Å². The van der Waals surface area contributed by atoms with E-state index in [1.54, 1.807) is 7.11 Å². The van der Waals surface area contributed by atoms with Crippen molar-refractivity contribution in [2.75, 3.05) is 33.3 Å². The molecule has 1 fully saturated rings. The lowest BCUT2D eigenvalue weighted by atomic mass is 9.94. The third kappa shape index (κ3) is 4.27. The lowest BCUT2D eigenvalue weighted by Gasteiger charge is -2.31. The van der Waals surface area contributed by atoms with Gasteiger partial charge in [0.15, 0.2) is 0 Å². The van der Waals surface area contributed by atoms with E-state index in [0.717, 1.165) is 31.9 Å². The van der Waals surface area contributed by atoms with Gasteiger partial charge in [-0.2, -0.15) is 0 Å². The molecular formula is C25H28N2O. The number of ether oxygens (including phenoxy) is 1. The lowest BCUT2D eigenvalue weighted by Crippen LogP contribution is -2.33. The third-order valence-electron chi connectivity index (χ3n) is 5.50. The molecule has 1 N–H and O–H groups in total. The monoisotopic (exact) mass is 372 g/mol. The molecule has 1 atom stereocenters. The SMILES string of the molecule is COc1ccc(C(c2ccc(-c3ccccc3)cc2)N2CCCNCC2)cc1. The van der Waals surface area contributed by atoms with E-state index in [4.69, 9.17) is 4.74 Å². The first-order valence-electron chi connectivity index (χ1n) is 10.1. The van der Waals surface area contributed by atoms with Crippen molar-refractivity contribution in [1.29, 1.82) is 0 Å². The van der Waals surface area contributed by atoms with Crippen LogP contribution in [-0.2, 0) is 0 Å². The van der Waals surface area contributed by atoms with E-state index in [9.17, 15) is 0 Å². The molecule has 3 nitrogen and oxygen atoms in total. The van der Waals surface area contributed by atoms with Crippen LogP contribution < -0.4 is 10.1 Å². The predicted octanol–water partition coefficient (Wildman–Crippen LogP) is 4.75. The Hall–Kier alpha value is -2.62. The summed E-state index contributed by atoms with van der Waals surface area (Å²) in [4.78, 5) is 2.60. The Morgan fingerprint density at radius 3 is 2.07 bits per heavy atom. The summed E-state index contributed by atoms with van der Waals surface area (Å²) in [5.41, 5.74) is 5.17. The molecular weight excluding hydrogens is 344 g/mol. The molecule has 144 valence electrons. The van der Waals surface area contributed by atoms with Crippen molar-refractivity contribution in [3.63, 3.8) is 0 Å². The molecule has 1 unspecified atom stereocenters. The second-order valence-corrected chi connectivity index (χ2v) is 7.30. The summed E-state index contributed by atoms with van der Waals surface area (Å²) >= 11 is 0. The summed E-state index contributed by atoms with van der Waals surface area (Å²) in [5, 5.41) is 3.52. The van der Waals surface area contributed by atoms with Crippen LogP contribution in [0.4, 0.5) is 0 Å². The van der Waals surface area contributed by atoms with E-state index in [1.807, 2.05) is 0 Å². The van der Waals surface area contributed by atoms with Gasteiger partial charge in [0.25, 0.3) is 0 Å². The molecule has 0 saturated carbocycles. The Bertz CT molecular complexity index is 851. The number of nitrogens with zero attached hydrogens (tertiary/aromatic N) is 1. The van der Waals surface area contributed by atoms with Crippen LogP contribution in [0.2, 0.25) is 0 Å². The standard InChI is InChI=1S/C25H28N2O/c1-28-24-14-12-23(13-15-24)25(27-18-5-16-26-17-19-27)22-10-8-21(9-11-22)20-6-3-2-4-7-20/h2-4,6-15,25-26H,5,16-19H2,1H3. The highest BCUT2D eigenvalue weighted by Gasteiger charge is 2.23. The zero-order valence-electron chi connectivity index (χ0n) is 16.5. The van der Waals surface area contributed by atoms with Crippen molar-refractivity contribution in [2.45, 2.75) is 12.5 Å². The largest absolute Gasteiger partial charge is 0.497 e. The summed E-state index contributed by atoms with van der Waals surface area (Å²) in [5.74, 6) is 0.902. The first-order chi connectivity index (χ1) is 13.8. The minimum absolute atomic E-state index is 0.260. The van der Waals surface area contributed by atoms with Gasteiger partial charge in [0, 0.05) is 19.6 Å². The first kappa shape index (κ1) is 18.7. The number of rotatable bonds is 5. The van der Waals surface area contributed by atoms with E-state index in [1.165, 1.54) is 28.7 Å². The molecule has 3 aromatic rings. The molecule has 1 saturated heterocycles. The number of hydrogen-bond acceptors (Lipinski definition) is 3. The van der Waals surface area contributed by atoms with Gasteiger partial charge in [-0.1, -0.05) is 66.7 Å². The summed E-state index contributed by atoms with van der Waals surface area (Å²) in [7, 11) is 1.72. The molecule has 1 heterocycles. The van der Waals surface area contributed by atoms with Crippen molar-refractivity contribution in [2.24, 2.45) is 0 Å². The topological polar surface area (TPSA) is 24.5 Å². The fraction of sp³-hybridized carbons (Fsp3) is 0.280. The molecule has 28 heavy (non-hydrogen) atoms. The fourth-order valence-electron chi connectivity index (χ4n) is 4.01. The van der Waals surface area contributed by atoms with Crippen molar-refractivity contribution in [1.82, 2.24) is 10.2 Å². The zero-order chi connectivity index (χ0) is 19.2. The molecule has 3 heteroatoms. The third-order valence-corrected chi connectivity index (χ3v) is 5.50. The molecule has 1 aliphatic heterocycles. The van der Waals surface area contributed by atoms with Crippen molar-refractivity contribution < 1.29 is 4.74 Å². The highest BCUT2D eigenvalue weighted by Crippen LogP contribution is 2.32. The summed E-state index contributed by atoms with van der Waals surface area (Å²) in [6.45, 7) is 4.29. The van der Waals surface area contributed by atoms with Gasteiger partial charge >= 0.3 is 0 Å². The molecule has 0 bridgehead atoms. The van der Waals surface area contributed by atoms with Crippen LogP contribution in [0, 0.1) is 0 Å². The predicted molar refractivity (Wildman–Crippen MR) is 116 cm³/mol. The second kappa shape index (κ2) is 9.05. The Balaban J connectivity index is 1.67. The molecule has 0 aliphatic carbocycles. The number of hydrogen-bond donors (Lipinski definition) is 1. The minimum atomic E-state index is 0.260. The van der Waals surface area contributed by atoms with Gasteiger partial charge < -0.3 is 10.1 Å². The number of methoxy groups -OCH3 is 1. The lowest BCUT2D eigenvalue weighted by molar-refractivity contribution is 0.241. The maximum absolute atomic E-state index is 5.36. The second-order valence-electron chi connectivity index (χ2n) is 7.30. The van der Waals surface area contributed by atoms with Crippen LogP contribution in [0.1, 0.15) is 23.6 Å². The highest BCUT2D eigenvalue weighted by atomic mass is 16.5. The van der Waals surface area contributed by atoms with E-state index >= 15 is 0 Å². The Morgan fingerprint density at radius 1 is 0.750 bits per heavy atom. The smallest absolute Gasteiger partial charge is 0.118 e. The van der Waals surface area contributed by atoms with Crippen LogP contribution in [0.3, 0.4) is 0 Å². The Labute approximate surface area is 168 Å². The van der Waals surface area contributed by atoms with Crippen LogP contribution >= 0.6 is 0 Å². The fourth-order valence-corrected chi connectivity index (χ4v) is 4.01. The normalized spacial score (nSPS) is 16.3. The molecule has 4 rings (SSSR count). The van der Waals surface area contributed by atoms with Crippen LogP contribution in [-0.4, -0.2) is 38.2 Å². The maximum atomic E-state index is 5.36. The van der Waals surface area contributed by atoms with Gasteiger partial charge in [0.2, 0.25) is 0 Å².